The van der Waals surface area contributed by atoms with E-state index < -0.39 is 12.2 Å². The van der Waals surface area contributed by atoms with Gasteiger partial charge < -0.3 is 15.1 Å². The highest BCUT2D eigenvalue weighted by Gasteiger charge is 2.50. The molecule has 8 heteroatoms. The molecule has 2 aliphatic rings. The highest BCUT2D eigenvalue weighted by atomic mass is 16.2. The first-order valence-electron chi connectivity index (χ1n) is 11.9. The van der Waals surface area contributed by atoms with Crippen molar-refractivity contribution in [2.24, 2.45) is 0 Å². The molecule has 3 rings (SSSR count). The minimum atomic E-state index is -0.577. The summed E-state index contributed by atoms with van der Waals surface area (Å²) < 4.78 is 0. The Morgan fingerprint density at radius 1 is 1.15 bits per heavy atom. The van der Waals surface area contributed by atoms with Crippen molar-refractivity contribution in [3.63, 3.8) is 0 Å². The zero-order valence-corrected chi connectivity index (χ0v) is 19.7. The van der Waals surface area contributed by atoms with E-state index in [1.807, 2.05) is 35.2 Å². The van der Waals surface area contributed by atoms with Crippen LogP contribution in [-0.2, 0) is 16.1 Å². The molecule has 1 aromatic carbocycles. The first-order chi connectivity index (χ1) is 16.0. The molecule has 0 spiro atoms. The van der Waals surface area contributed by atoms with E-state index in [-0.39, 0.29) is 37.5 Å². The minimum Gasteiger partial charge on any atom is -0.337 e. The summed E-state index contributed by atoms with van der Waals surface area (Å²) in [5.74, 6) is 2.39. The predicted molar refractivity (Wildman–Crippen MR) is 126 cm³/mol. The molecule has 0 aromatic heterocycles. The molecular weight excluding hydrogens is 418 g/mol. The second kappa shape index (κ2) is 11.7. The van der Waals surface area contributed by atoms with Crippen LogP contribution in [0.4, 0.5) is 4.79 Å². The molecule has 8 nitrogen and oxygen atoms in total. The summed E-state index contributed by atoms with van der Waals surface area (Å²) >= 11 is 0. The lowest BCUT2D eigenvalue weighted by Crippen LogP contribution is -2.76. The molecule has 0 bridgehead atoms. The number of terminal acetylenes is 1. The van der Waals surface area contributed by atoms with E-state index in [0.29, 0.717) is 19.5 Å². The quantitative estimate of drug-likeness (QED) is 0.583. The summed E-state index contributed by atoms with van der Waals surface area (Å²) in [6.07, 6.45) is 9.18. The number of amides is 4. The van der Waals surface area contributed by atoms with Gasteiger partial charge in [-0.15, -0.1) is 6.42 Å². The third-order valence-corrected chi connectivity index (χ3v) is 6.21. The van der Waals surface area contributed by atoms with E-state index in [1.165, 1.54) is 0 Å². The average molecular weight is 454 g/mol. The van der Waals surface area contributed by atoms with Crippen molar-refractivity contribution >= 4 is 17.8 Å². The molecule has 4 amide bonds. The summed E-state index contributed by atoms with van der Waals surface area (Å²) in [6, 6.07) is 8.78. The van der Waals surface area contributed by atoms with E-state index in [1.54, 1.807) is 14.9 Å². The van der Waals surface area contributed by atoms with Gasteiger partial charge in [0.25, 0.3) is 0 Å². The normalized spacial score (nSPS) is 21.1. The average Bonchev–Trinajstić information content (AvgIpc) is 2.82. The Morgan fingerprint density at radius 2 is 1.88 bits per heavy atom. The fourth-order valence-corrected chi connectivity index (χ4v) is 4.52. The molecule has 2 atom stereocenters. The third kappa shape index (κ3) is 5.66. The van der Waals surface area contributed by atoms with Gasteiger partial charge in [0.15, 0.2) is 0 Å². The number of rotatable bonds is 9. The molecule has 2 heterocycles. The second-order valence-corrected chi connectivity index (χ2v) is 8.59. The molecule has 2 saturated heterocycles. The molecule has 0 radical (unpaired) electrons. The van der Waals surface area contributed by atoms with Crippen molar-refractivity contribution in [2.75, 3.05) is 26.2 Å². The summed E-state index contributed by atoms with van der Waals surface area (Å²) in [5.41, 5.74) is 0.975. The Labute approximate surface area is 196 Å². The standard InChI is InChI=1S/C25H35N5O3/c1-4-7-14-21-24(32)27(16-8-5-2)18-22-29(21)23(31)19-28(15-6-3)30(22)25(33)26-17-20-12-10-9-11-13-20/h3,9-13,21-22H,4-5,7-8,14-19H2,1-2H3,(H,26,33)/t21-,22-/m0/s1. The lowest BCUT2D eigenvalue weighted by Gasteiger charge is -2.55. The van der Waals surface area contributed by atoms with Gasteiger partial charge in [-0.05, 0) is 18.4 Å². The summed E-state index contributed by atoms with van der Waals surface area (Å²) in [5, 5.41) is 6.15. The Kier molecular flexibility index (Phi) is 8.72. The topological polar surface area (TPSA) is 76.2 Å². The van der Waals surface area contributed by atoms with Crippen LogP contribution in [0.15, 0.2) is 30.3 Å². The van der Waals surface area contributed by atoms with E-state index in [4.69, 9.17) is 6.42 Å². The van der Waals surface area contributed by atoms with Crippen LogP contribution in [0.2, 0.25) is 0 Å². The van der Waals surface area contributed by atoms with Crippen LogP contribution in [0.3, 0.4) is 0 Å². The van der Waals surface area contributed by atoms with Gasteiger partial charge in [0.05, 0.1) is 19.6 Å². The maximum Gasteiger partial charge on any atom is 0.334 e. The van der Waals surface area contributed by atoms with Crippen molar-refractivity contribution < 1.29 is 14.4 Å². The fourth-order valence-electron chi connectivity index (χ4n) is 4.52. The minimum absolute atomic E-state index is 0.0171. The molecular formula is C25H35N5O3. The molecule has 1 aromatic rings. The number of benzene rings is 1. The fraction of sp³-hybridized carbons (Fsp3) is 0.560. The van der Waals surface area contributed by atoms with Gasteiger partial charge in [0, 0.05) is 13.1 Å². The van der Waals surface area contributed by atoms with Crippen LogP contribution in [0.25, 0.3) is 0 Å². The number of hydrazine groups is 1. The molecule has 0 aliphatic carbocycles. The first-order valence-corrected chi connectivity index (χ1v) is 11.9. The van der Waals surface area contributed by atoms with E-state index >= 15 is 0 Å². The van der Waals surface area contributed by atoms with Crippen LogP contribution in [-0.4, -0.2) is 76.0 Å². The summed E-state index contributed by atoms with van der Waals surface area (Å²) in [6.45, 7) is 5.52. The first kappa shape index (κ1) is 24.6. The van der Waals surface area contributed by atoms with Crippen LogP contribution in [0, 0.1) is 12.3 Å². The molecule has 33 heavy (non-hydrogen) atoms. The molecule has 178 valence electrons. The van der Waals surface area contributed by atoms with Gasteiger partial charge in [0.1, 0.15) is 12.2 Å². The maximum atomic E-state index is 13.4. The molecule has 1 N–H and O–H groups in total. The van der Waals surface area contributed by atoms with Gasteiger partial charge >= 0.3 is 6.03 Å². The van der Waals surface area contributed by atoms with Crippen molar-refractivity contribution in [1.82, 2.24) is 25.1 Å². The monoisotopic (exact) mass is 453 g/mol. The number of nitrogens with one attached hydrogen (secondary N) is 1. The van der Waals surface area contributed by atoms with Crippen LogP contribution >= 0.6 is 0 Å². The maximum absolute atomic E-state index is 13.4. The van der Waals surface area contributed by atoms with Crippen molar-refractivity contribution in [1.29, 1.82) is 0 Å². The van der Waals surface area contributed by atoms with Crippen molar-refractivity contribution in [3.8, 4) is 12.3 Å². The number of hydrogen-bond donors (Lipinski definition) is 1. The Hall–Kier alpha value is -3.05. The van der Waals surface area contributed by atoms with Gasteiger partial charge in [0.2, 0.25) is 11.8 Å². The number of urea groups is 1. The lowest BCUT2D eigenvalue weighted by atomic mass is 10.0. The van der Waals surface area contributed by atoms with Gasteiger partial charge in [-0.2, -0.15) is 5.01 Å². The van der Waals surface area contributed by atoms with Crippen molar-refractivity contribution in [2.45, 2.75) is 64.7 Å². The van der Waals surface area contributed by atoms with Gasteiger partial charge in [-0.25, -0.2) is 9.80 Å². The summed E-state index contributed by atoms with van der Waals surface area (Å²) in [4.78, 5) is 43.3. The lowest BCUT2D eigenvalue weighted by molar-refractivity contribution is -0.189. The largest absolute Gasteiger partial charge is 0.337 e. The number of nitrogens with zero attached hydrogens (tertiary/aromatic N) is 4. The zero-order chi connectivity index (χ0) is 23.8. The summed E-state index contributed by atoms with van der Waals surface area (Å²) in [7, 11) is 0. The Bertz CT molecular complexity index is 869. The number of unbranched alkanes of at least 4 members (excludes halogenated alkanes) is 2. The Balaban J connectivity index is 1.89. The van der Waals surface area contributed by atoms with Crippen LogP contribution in [0.5, 0.6) is 0 Å². The number of carbonyl (C=O) groups is 3. The second-order valence-electron chi connectivity index (χ2n) is 8.59. The number of piperazine rings is 1. The van der Waals surface area contributed by atoms with E-state index in [2.05, 4.69) is 25.1 Å². The van der Waals surface area contributed by atoms with Crippen LogP contribution in [0.1, 0.15) is 51.5 Å². The van der Waals surface area contributed by atoms with Crippen LogP contribution < -0.4 is 5.32 Å². The van der Waals surface area contributed by atoms with E-state index in [9.17, 15) is 14.4 Å². The molecule has 0 saturated carbocycles. The number of carbonyl (C=O) groups excluding carboxylic acids is 3. The van der Waals surface area contributed by atoms with Crippen molar-refractivity contribution in [3.05, 3.63) is 35.9 Å². The van der Waals surface area contributed by atoms with Gasteiger partial charge in [-0.1, -0.05) is 69.4 Å². The smallest absolute Gasteiger partial charge is 0.334 e. The molecule has 0 unspecified atom stereocenters. The number of hydrogen-bond acceptors (Lipinski definition) is 4. The molecule has 2 aliphatic heterocycles. The highest BCUT2D eigenvalue weighted by molar-refractivity contribution is 5.91. The van der Waals surface area contributed by atoms with E-state index in [0.717, 1.165) is 31.2 Å². The Morgan fingerprint density at radius 3 is 2.55 bits per heavy atom. The number of fused-ring (bicyclic) bond motifs is 1. The SMILES string of the molecule is C#CCN1CC(=O)N2[C@@H](CCCC)C(=O)N(CCCC)C[C@@H]2N1C(=O)NCc1ccccc1. The van der Waals surface area contributed by atoms with Gasteiger partial charge in [-0.3, -0.25) is 9.59 Å². The highest BCUT2D eigenvalue weighted by Crippen LogP contribution is 2.29. The predicted octanol–water partition coefficient (Wildman–Crippen LogP) is 2.42. The molecule has 2 fully saturated rings. The zero-order valence-electron chi connectivity index (χ0n) is 19.7. The third-order valence-electron chi connectivity index (χ3n) is 6.21.